The van der Waals surface area contributed by atoms with Crippen molar-refractivity contribution >= 4 is 21.8 Å². The first-order chi connectivity index (χ1) is 34.8. The number of hydrogen-bond acceptors (Lipinski definition) is 4. The smallest absolute Gasteiger partial charge is 0.160 e. The highest BCUT2D eigenvalue weighted by molar-refractivity contribution is 6.12. The van der Waals surface area contributed by atoms with Crippen LogP contribution in [0.25, 0.3) is 118 Å². The van der Waals surface area contributed by atoms with E-state index >= 15 is 0 Å². The average molecular weight is 912 g/mol. The van der Waals surface area contributed by atoms with Crippen LogP contribution in [0.15, 0.2) is 224 Å². The van der Waals surface area contributed by atoms with Gasteiger partial charge in [-0.1, -0.05) is 210 Å². The molecule has 338 valence electrons. The zero-order valence-corrected chi connectivity index (χ0v) is 40.1. The summed E-state index contributed by atoms with van der Waals surface area (Å²) in [5.41, 5.74) is 21.9. The average Bonchev–Trinajstić information content (AvgIpc) is 3.73. The number of aryl methyl sites for hydroxylation is 4. The molecule has 9 aromatic carbocycles. The molecule has 0 fully saturated rings. The van der Waals surface area contributed by atoms with Crippen LogP contribution in [-0.2, 0) is 0 Å². The van der Waals surface area contributed by atoms with Gasteiger partial charge in [0.05, 0.1) is 39.5 Å². The van der Waals surface area contributed by atoms with Gasteiger partial charge in [-0.3, -0.25) is 0 Å². The summed E-state index contributed by atoms with van der Waals surface area (Å²) in [5.74, 6) is 1.31. The first-order valence-electron chi connectivity index (χ1n) is 24.2. The standard InChI is InChI=1S/C66H49N5/c1-42-31-43(2)34-53(33-42)50-25-28-55-56-29-26-51(54-35-44(3)32-45(4)36-54)39-64(56)71(63(55)38-50)62-30-27-52(60-40-58(46-17-9-5-10-18-46)67-65(69-60)48-21-13-7-14-22-48)37-57(62)61-41-59(47-19-11-6-12-20-47)68-66(70-61)49-23-15-8-16-24-49/h5-41H,1-4H3. The first kappa shape index (κ1) is 43.2. The summed E-state index contributed by atoms with van der Waals surface area (Å²) in [4.78, 5) is 21.2. The molecule has 0 amide bonds. The van der Waals surface area contributed by atoms with Crippen LogP contribution in [-0.4, -0.2) is 24.5 Å². The van der Waals surface area contributed by atoms with Gasteiger partial charge in [-0.05, 0) is 86.3 Å². The van der Waals surface area contributed by atoms with Gasteiger partial charge in [-0.15, -0.1) is 0 Å². The van der Waals surface area contributed by atoms with Gasteiger partial charge in [-0.25, -0.2) is 19.9 Å². The predicted octanol–water partition coefficient (Wildman–Crippen LogP) is 16.9. The highest BCUT2D eigenvalue weighted by Gasteiger charge is 2.22. The van der Waals surface area contributed by atoms with Crippen molar-refractivity contribution in [3.05, 3.63) is 247 Å². The minimum absolute atomic E-state index is 0.648. The Bertz CT molecular complexity index is 3690. The highest BCUT2D eigenvalue weighted by Crippen LogP contribution is 2.42. The molecule has 3 heterocycles. The minimum Gasteiger partial charge on any atom is -0.309 e. The Morgan fingerprint density at radius 2 is 0.634 bits per heavy atom. The topological polar surface area (TPSA) is 56.5 Å². The van der Waals surface area contributed by atoms with Gasteiger partial charge in [0.1, 0.15) is 0 Å². The molecule has 0 N–H and O–H groups in total. The molecule has 71 heavy (non-hydrogen) atoms. The van der Waals surface area contributed by atoms with Gasteiger partial charge in [-0.2, -0.15) is 0 Å². The number of hydrogen-bond donors (Lipinski definition) is 0. The molecule has 0 saturated heterocycles. The number of rotatable bonds is 9. The Morgan fingerprint density at radius 3 is 1.07 bits per heavy atom. The summed E-state index contributed by atoms with van der Waals surface area (Å²) in [7, 11) is 0. The maximum Gasteiger partial charge on any atom is 0.160 e. The minimum atomic E-state index is 0.648. The fraction of sp³-hybridized carbons (Fsp3) is 0.0606. The largest absolute Gasteiger partial charge is 0.309 e. The Morgan fingerprint density at radius 1 is 0.268 bits per heavy atom. The van der Waals surface area contributed by atoms with E-state index in [1.807, 2.05) is 48.5 Å². The number of fused-ring (bicyclic) bond motifs is 3. The molecule has 12 aromatic rings. The predicted molar refractivity (Wildman–Crippen MR) is 294 cm³/mol. The van der Waals surface area contributed by atoms with Crippen molar-refractivity contribution in [3.63, 3.8) is 0 Å². The van der Waals surface area contributed by atoms with Crippen LogP contribution >= 0.6 is 0 Å². The van der Waals surface area contributed by atoms with Gasteiger partial charge in [0, 0.05) is 44.2 Å². The fourth-order valence-corrected chi connectivity index (χ4v) is 10.1. The number of aromatic nitrogens is 5. The van der Waals surface area contributed by atoms with Crippen molar-refractivity contribution in [2.75, 3.05) is 0 Å². The van der Waals surface area contributed by atoms with E-state index in [1.165, 1.54) is 44.2 Å². The van der Waals surface area contributed by atoms with E-state index in [-0.39, 0.29) is 0 Å². The third-order valence-electron chi connectivity index (χ3n) is 13.3. The summed E-state index contributed by atoms with van der Waals surface area (Å²) in [6.07, 6.45) is 0. The summed E-state index contributed by atoms with van der Waals surface area (Å²) in [6, 6.07) is 79.7. The van der Waals surface area contributed by atoms with E-state index in [0.29, 0.717) is 11.6 Å². The molecular weight excluding hydrogens is 863 g/mol. The van der Waals surface area contributed by atoms with E-state index in [4.69, 9.17) is 19.9 Å². The maximum atomic E-state index is 5.51. The second-order valence-corrected chi connectivity index (χ2v) is 18.7. The van der Waals surface area contributed by atoms with Crippen molar-refractivity contribution in [2.24, 2.45) is 0 Å². The zero-order chi connectivity index (χ0) is 48.0. The molecule has 5 nitrogen and oxygen atoms in total. The van der Waals surface area contributed by atoms with Crippen molar-refractivity contribution in [1.82, 2.24) is 24.5 Å². The molecule has 0 unspecified atom stereocenters. The molecule has 0 saturated carbocycles. The maximum absolute atomic E-state index is 5.51. The van der Waals surface area contributed by atoms with Crippen LogP contribution in [0.4, 0.5) is 0 Å². The molecule has 3 aromatic heterocycles. The van der Waals surface area contributed by atoms with Crippen molar-refractivity contribution in [3.8, 4) is 95.7 Å². The van der Waals surface area contributed by atoms with E-state index in [0.717, 1.165) is 84.0 Å². The lowest BCUT2D eigenvalue weighted by molar-refractivity contribution is 1.15. The quantitative estimate of drug-likeness (QED) is 0.145. The zero-order valence-electron chi connectivity index (χ0n) is 40.1. The normalized spacial score (nSPS) is 11.4. The SMILES string of the molecule is Cc1cc(C)cc(-c2ccc3c4ccc(-c5cc(C)cc(C)c5)cc4n(-c4ccc(-c5cc(-c6ccccc6)nc(-c6ccccc6)n5)cc4-c4cc(-c5ccccc5)nc(-c5ccccc5)n4)c3c2)c1. The lowest BCUT2D eigenvalue weighted by Crippen LogP contribution is -2.02. The molecule has 12 rings (SSSR count). The molecule has 0 aliphatic heterocycles. The van der Waals surface area contributed by atoms with Gasteiger partial charge < -0.3 is 4.57 Å². The third-order valence-corrected chi connectivity index (χ3v) is 13.3. The summed E-state index contributed by atoms with van der Waals surface area (Å²) < 4.78 is 2.46. The van der Waals surface area contributed by atoms with Crippen LogP contribution in [0.1, 0.15) is 22.3 Å². The Balaban J connectivity index is 1.18. The lowest BCUT2D eigenvalue weighted by atomic mass is 9.98. The second-order valence-electron chi connectivity index (χ2n) is 18.7. The molecule has 0 aliphatic rings. The molecule has 0 bridgehead atoms. The van der Waals surface area contributed by atoms with E-state index < -0.39 is 0 Å². The summed E-state index contributed by atoms with van der Waals surface area (Å²) >= 11 is 0. The van der Waals surface area contributed by atoms with Crippen LogP contribution in [0.2, 0.25) is 0 Å². The fourth-order valence-electron chi connectivity index (χ4n) is 10.1. The van der Waals surface area contributed by atoms with Gasteiger partial charge >= 0.3 is 0 Å². The lowest BCUT2D eigenvalue weighted by Gasteiger charge is -2.18. The first-order valence-corrected chi connectivity index (χ1v) is 24.2. The molecule has 0 aliphatic carbocycles. The molecular formula is C66H49N5. The molecule has 5 heteroatoms. The Hall–Kier alpha value is -9.06. The van der Waals surface area contributed by atoms with Crippen LogP contribution in [0, 0.1) is 27.7 Å². The molecule has 0 spiro atoms. The van der Waals surface area contributed by atoms with Crippen molar-refractivity contribution < 1.29 is 0 Å². The van der Waals surface area contributed by atoms with Crippen LogP contribution < -0.4 is 0 Å². The van der Waals surface area contributed by atoms with E-state index in [9.17, 15) is 0 Å². The van der Waals surface area contributed by atoms with Gasteiger partial charge in [0.15, 0.2) is 11.6 Å². The van der Waals surface area contributed by atoms with Crippen molar-refractivity contribution in [1.29, 1.82) is 0 Å². The Labute approximate surface area is 414 Å². The van der Waals surface area contributed by atoms with Gasteiger partial charge in [0.2, 0.25) is 0 Å². The summed E-state index contributed by atoms with van der Waals surface area (Å²) in [6.45, 7) is 8.69. The van der Waals surface area contributed by atoms with E-state index in [2.05, 4.69) is 208 Å². The third kappa shape index (κ3) is 8.49. The second kappa shape index (κ2) is 18.1. The van der Waals surface area contributed by atoms with Crippen LogP contribution in [0.3, 0.4) is 0 Å². The molecule has 0 radical (unpaired) electrons. The number of nitrogens with zero attached hydrogens (tertiary/aromatic N) is 5. The van der Waals surface area contributed by atoms with E-state index in [1.54, 1.807) is 0 Å². The van der Waals surface area contributed by atoms with Gasteiger partial charge in [0.25, 0.3) is 0 Å². The summed E-state index contributed by atoms with van der Waals surface area (Å²) in [5, 5.41) is 2.34. The Kier molecular flexibility index (Phi) is 11.0. The number of benzene rings is 9. The molecule has 0 atom stereocenters. The monoisotopic (exact) mass is 911 g/mol. The van der Waals surface area contributed by atoms with Crippen LogP contribution in [0.5, 0.6) is 0 Å². The highest BCUT2D eigenvalue weighted by atomic mass is 15.0. The van der Waals surface area contributed by atoms with Crippen molar-refractivity contribution in [2.45, 2.75) is 27.7 Å².